The van der Waals surface area contributed by atoms with Crippen LogP contribution in [0.1, 0.15) is 35.9 Å². The van der Waals surface area contributed by atoms with Crippen molar-refractivity contribution in [2.75, 3.05) is 14.2 Å². The van der Waals surface area contributed by atoms with Crippen molar-refractivity contribution >= 4 is 22.6 Å². The third-order valence-electron chi connectivity index (χ3n) is 5.06. The fraction of sp³-hybridized carbons (Fsp3) is 0.261. The van der Waals surface area contributed by atoms with Gasteiger partial charge in [-0.25, -0.2) is 9.78 Å². The molecule has 1 heterocycles. The van der Waals surface area contributed by atoms with E-state index in [1.165, 1.54) is 31.4 Å². The lowest BCUT2D eigenvalue weighted by Gasteiger charge is -2.25. The van der Waals surface area contributed by atoms with E-state index in [4.69, 9.17) is 9.57 Å². The monoisotopic (exact) mass is 423 g/mol. The fourth-order valence-corrected chi connectivity index (χ4v) is 3.07. The van der Waals surface area contributed by atoms with Crippen LogP contribution in [0.25, 0.3) is 10.8 Å². The van der Waals surface area contributed by atoms with Gasteiger partial charge in [-0.15, -0.1) is 5.06 Å². The second kappa shape index (κ2) is 9.44. The summed E-state index contributed by atoms with van der Waals surface area (Å²) >= 11 is 0. The highest BCUT2D eigenvalue weighted by Crippen LogP contribution is 2.27. The lowest BCUT2D eigenvalue weighted by atomic mass is 10.0. The summed E-state index contributed by atoms with van der Waals surface area (Å²) in [6, 6.07) is 14.3. The van der Waals surface area contributed by atoms with Crippen molar-refractivity contribution in [3.8, 4) is 11.5 Å². The van der Waals surface area contributed by atoms with Crippen molar-refractivity contribution in [3.05, 3.63) is 66.0 Å². The lowest BCUT2D eigenvalue weighted by Crippen LogP contribution is -2.42. The first-order chi connectivity index (χ1) is 14.8. The van der Waals surface area contributed by atoms with E-state index in [1.807, 2.05) is 49.4 Å². The Labute approximate surface area is 180 Å². The van der Waals surface area contributed by atoms with Gasteiger partial charge in [0.05, 0.1) is 13.2 Å². The quantitative estimate of drug-likeness (QED) is 0.563. The van der Waals surface area contributed by atoms with Crippen LogP contribution in [0.2, 0.25) is 0 Å². The molecule has 1 unspecified atom stereocenters. The molecule has 1 aromatic heterocycles. The molecule has 0 aliphatic heterocycles. The van der Waals surface area contributed by atoms with E-state index in [9.17, 15) is 14.7 Å². The first kappa shape index (κ1) is 22.0. The molecule has 8 heteroatoms. The van der Waals surface area contributed by atoms with Crippen LogP contribution in [-0.2, 0) is 9.63 Å². The number of aromatic hydroxyl groups is 1. The molecule has 2 aromatic carbocycles. The maximum absolute atomic E-state index is 12.5. The van der Waals surface area contributed by atoms with Gasteiger partial charge in [-0.2, -0.15) is 0 Å². The number of nitrogens with zero attached hydrogens (tertiary/aromatic N) is 2. The van der Waals surface area contributed by atoms with Gasteiger partial charge < -0.3 is 20.0 Å². The molecule has 3 aromatic rings. The number of ether oxygens (including phenoxy) is 1. The molecule has 2 N–H and O–H groups in total. The zero-order chi connectivity index (χ0) is 22.5. The number of nitrogens with one attached hydrogen (secondary N) is 1. The molecule has 0 spiro atoms. The molecule has 0 aliphatic carbocycles. The number of hydrogen-bond donors (Lipinski definition) is 2. The molecule has 1 amide bonds. The minimum atomic E-state index is -0.967. The van der Waals surface area contributed by atoms with Crippen LogP contribution in [0.15, 0.2) is 54.7 Å². The Balaban J connectivity index is 1.63. The number of fused-ring (bicyclic) bond motifs is 1. The number of carbonyl (C=O) groups excluding carboxylic acids is 2. The average Bonchev–Trinajstić information content (AvgIpc) is 2.78. The number of pyridine rings is 1. The highest BCUT2D eigenvalue weighted by atomic mass is 16.7. The van der Waals surface area contributed by atoms with E-state index >= 15 is 0 Å². The Kier molecular flexibility index (Phi) is 6.71. The fourth-order valence-electron chi connectivity index (χ4n) is 3.07. The van der Waals surface area contributed by atoms with Gasteiger partial charge in [0.1, 0.15) is 6.04 Å². The second-order valence-electron chi connectivity index (χ2n) is 7.14. The number of benzene rings is 2. The van der Waals surface area contributed by atoms with E-state index in [0.29, 0.717) is 0 Å². The summed E-state index contributed by atoms with van der Waals surface area (Å²) in [6.45, 7) is 3.41. The molecule has 0 aliphatic rings. The standard InChI is InChI=1S/C23H25N3O5/c1-14(25-22(28)20-21(27)19(30-4)11-12-24-20)23(29)31-26(3)15(2)17-10-9-16-7-5-6-8-18(16)13-17/h5-15,27H,1-4H3,(H,25,28)/t14-,15?/m0/s1. The largest absolute Gasteiger partial charge is 0.503 e. The van der Waals surface area contributed by atoms with Crippen LogP contribution >= 0.6 is 0 Å². The summed E-state index contributed by atoms with van der Waals surface area (Å²) < 4.78 is 4.97. The third-order valence-corrected chi connectivity index (χ3v) is 5.06. The first-order valence-electron chi connectivity index (χ1n) is 9.78. The molecular formula is C23H25N3O5. The van der Waals surface area contributed by atoms with Crippen LogP contribution in [0.5, 0.6) is 11.5 Å². The molecule has 0 saturated carbocycles. The van der Waals surface area contributed by atoms with E-state index < -0.39 is 23.7 Å². The van der Waals surface area contributed by atoms with Gasteiger partial charge in [0, 0.05) is 19.3 Å². The van der Waals surface area contributed by atoms with Crippen LogP contribution in [0, 0.1) is 0 Å². The number of hydrogen-bond acceptors (Lipinski definition) is 7. The Morgan fingerprint density at radius 2 is 1.81 bits per heavy atom. The molecule has 0 saturated heterocycles. The predicted octanol–water partition coefficient (Wildman–Crippen LogP) is 3.22. The average molecular weight is 423 g/mol. The highest BCUT2D eigenvalue weighted by molar-refractivity contribution is 5.97. The number of aromatic nitrogens is 1. The molecule has 0 radical (unpaired) electrons. The number of amides is 1. The summed E-state index contributed by atoms with van der Waals surface area (Å²) in [5.41, 5.74) is 0.744. The lowest BCUT2D eigenvalue weighted by molar-refractivity contribution is -0.195. The van der Waals surface area contributed by atoms with Crippen molar-refractivity contribution in [1.29, 1.82) is 0 Å². The molecule has 0 fully saturated rings. The predicted molar refractivity (Wildman–Crippen MR) is 116 cm³/mol. The van der Waals surface area contributed by atoms with Gasteiger partial charge in [-0.3, -0.25) is 4.79 Å². The molecule has 162 valence electrons. The minimum Gasteiger partial charge on any atom is -0.503 e. The third kappa shape index (κ3) is 4.92. The van der Waals surface area contributed by atoms with E-state index in [1.54, 1.807) is 7.05 Å². The number of carbonyl (C=O) groups is 2. The maximum atomic E-state index is 12.5. The summed E-state index contributed by atoms with van der Waals surface area (Å²) in [6.07, 6.45) is 1.33. The topological polar surface area (TPSA) is 101 Å². The van der Waals surface area contributed by atoms with Crippen LogP contribution < -0.4 is 10.1 Å². The summed E-state index contributed by atoms with van der Waals surface area (Å²) in [5, 5.41) is 16.2. The van der Waals surface area contributed by atoms with Crippen molar-refractivity contribution in [3.63, 3.8) is 0 Å². The van der Waals surface area contributed by atoms with Crippen molar-refractivity contribution in [2.24, 2.45) is 0 Å². The first-order valence-corrected chi connectivity index (χ1v) is 9.78. The van der Waals surface area contributed by atoms with Gasteiger partial charge in [0.25, 0.3) is 5.91 Å². The number of rotatable bonds is 7. The Morgan fingerprint density at radius 3 is 2.52 bits per heavy atom. The van der Waals surface area contributed by atoms with Crippen molar-refractivity contribution in [2.45, 2.75) is 25.9 Å². The maximum Gasteiger partial charge on any atom is 0.347 e. The SMILES string of the molecule is COc1ccnc(C(=O)N[C@@H](C)C(=O)ON(C)C(C)c2ccc3ccccc3c2)c1O. The van der Waals surface area contributed by atoms with Crippen molar-refractivity contribution in [1.82, 2.24) is 15.4 Å². The van der Waals surface area contributed by atoms with Gasteiger partial charge >= 0.3 is 5.97 Å². The van der Waals surface area contributed by atoms with Crippen molar-refractivity contribution < 1.29 is 24.3 Å². The minimum absolute atomic E-state index is 0.110. The van der Waals surface area contributed by atoms with Gasteiger partial charge in [-0.05, 0) is 36.2 Å². The van der Waals surface area contributed by atoms with E-state index in [-0.39, 0.29) is 17.5 Å². The van der Waals surface area contributed by atoms with Gasteiger partial charge in [0.15, 0.2) is 17.2 Å². The zero-order valence-electron chi connectivity index (χ0n) is 17.8. The van der Waals surface area contributed by atoms with Gasteiger partial charge in [0.2, 0.25) is 0 Å². The van der Waals surface area contributed by atoms with E-state index in [2.05, 4.69) is 10.3 Å². The number of methoxy groups -OCH3 is 1. The van der Waals surface area contributed by atoms with Crippen LogP contribution in [0.3, 0.4) is 0 Å². The highest BCUT2D eigenvalue weighted by Gasteiger charge is 2.25. The number of hydroxylamine groups is 2. The molecule has 31 heavy (non-hydrogen) atoms. The summed E-state index contributed by atoms with van der Waals surface area (Å²) in [5.74, 6) is -1.65. The normalized spacial score (nSPS) is 12.9. The molecule has 2 atom stereocenters. The van der Waals surface area contributed by atoms with Crippen LogP contribution in [0.4, 0.5) is 0 Å². The Morgan fingerprint density at radius 1 is 1.10 bits per heavy atom. The second-order valence-corrected chi connectivity index (χ2v) is 7.14. The van der Waals surface area contributed by atoms with Crippen LogP contribution in [-0.4, -0.2) is 47.2 Å². The van der Waals surface area contributed by atoms with Gasteiger partial charge in [-0.1, -0.05) is 36.4 Å². The Bertz CT molecular complexity index is 1100. The molecular weight excluding hydrogens is 398 g/mol. The van der Waals surface area contributed by atoms with E-state index in [0.717, 1.165) is 16.3 Å². The summed E-state index contributed by atoms with van der Waals surface area (Å²) in [7, 11) is 3.02. The summed E-state index contributed by atoms with van der Waals surface area (Å²) in [4.78, 5) is 34.2. The smallest absolute Gasteiger partial charge is 0.347 e. The molecule has 0 bridgehead atoms. The zero-order valence-corrected chi connectivity index (χ0v) is 17.8. The Hall–Kier alpha value is -3.65. The molecule has 3 rings (SSSR count). The molecule has 8 nitrogen and oxygen atoms in total.